The molecule has 0 amide bonds. The second-order valence-corrected chi connectivity index (χ2v) is 9.97. The summed E-state index contributed by atoms with van der Waals surface area (Å²) in [5, 5.41) is 9.53. The molecule has 0 atom stereocenters. The van der Waals surface area contributed by atoms with Gasteiger partial charge in [0.2, 0.25) is 0 Å². The summed E-state index contributed by atoms with van der Waals surface area (Å²) in [5.74, 6) is 7.54. The molecule has 0 fully saturated rings. The van der Waals surface area contributed by atoms with Crippen LogP contribution in [0.3, 0.4) is 0 Å². The van der Waals surface area contributed by atoms with E-state index in [0.717, 1.165) is 54.9 Å². The molecule has 3 N–H and O–H groups in total. The second-order valence-electron chi connectivity index (χ2n) is 9.97. The van der Waals surface area contributed by atoms with Crippen molar-refractivity contribution < 1.29 is 4.74 Å². The van der Waals surface area contributed by atoms with E-state index in [-0.39, 0.29) is 0 Å². The number of aromatic nitrogens is 1. The van der Waals surface area contributed by atoms with Crippen LogP contribution in [0.4, 0.5) is 5.69 Å². The number of nitrogens with one attached hydrogen (secondary N) is 3. The fraction of sp³-hybridized carbons (Fsp3) is 0.385. The monoisotopic (exact) mass is 579 g/mol. The van der Waals surface area contributed by atoms with Gasteiger partial charge in [0.25, 0.3) is 0 Å². The molecule has 2 aromatic rings. The van der Waals surface area contributed by atoms with E-state index in [4.69, 9.17) is 4.74 Å². The maximum Gasteiger partial charge on any atom is 0.143 e. The summed E-state index contributed by atoms with van der Waals surface area (Å²) in [4.78, 5) is 3.27. The molecular weight excluding hydrogens is 526 g/mol. The Balaban J connectivity index is 0.000000339. The Morgan fingerprint density at radius 2 is 1.70 bits per heavy atom. The number of aromatic amines is 1. The number of hydrogen-bond acceptors (Lipinski definition) is 3. The third-order valence-electron chi connectivity index (χ3n) is 6.92. The van der Waals surface area contributed by atoms with E-state index in [1.807, 2.05) is 27.7 Å². The van der Waals surface area contributed by atoms with Gasteiger partial charge in [-0.15, -0.1) is 0 Å². The van der Waals surface area contributed by atoms with E-state index in [1.165, 1.54) is 38.5 Å². The Kier molecular flexibility index (Phi) is 15.6. The van der Waals surface area contributed by atoms with Crippen LogP contribution in [0.5, 0.6) is 5.75 Å². The van der Waals surface area contributed by atoms with Crippen molar-refractivity contribution in [1.29, 1.82) is 0 Å². The van der Waals surface area contributed by atoms with Crippen molar-refractivity contribution in [2.75, 3.05) is 25.0 Å². The van der Waals surface area contributed by atoms with Gasteiger partial charge in [-0.3, -0.25) is 0 Å². The molecule has 1 aliphatic carbocycles. The van der Waals surface area contributed by atoms with E-state index in [9.17, 15) is 0 Å². The fourth-order valence-electron chi connectivity index (χ4n) is 4.83. The van der Waals surface area contributed by atoms with Crippen LogP contribution in [0.1, 0.15) is 78.9 Å². The van der Waals surface area contributed by atoms with E-state index < -0.39 is 0 Å². The lowest BCUT2D eigenvalue weighted by atomic mass is 9.96. The van der Waals surface area contributed by atoms with Gasteiger partial charge in [-0.2, -0.15) is 0 Å². The Morgan fingerprint density at radius 1 is 0.930 bits per heavy atom. The first-order valence-corrected chi connectivity index (χ1v) is 16.0. The molecule has 1 aromatic carbocycles. The lowest BCUT2D eigenvalue weighted by molar-refractivity contribution is 0.363. The van der Waals surface area contributed by atoms with Crippen molar-refractivity contribution in [3.05, 3.63) is 104 Å². The Bertz CT molecular complexity index is 1530. The molecule has 0 radical (unpaired) electrons. The minimum atomic E-state index is 0.510. The lowest BCUT2D eigenvalue weighted by Crippen LogP contribution is -2.23. The fourth-order valence-corrected chi connectivity index (χ4v) is 4.83. The summed E-state index contributed by atoms with van der Waals surface area (Å²) in [6.07, 6.45) is 20.4. The molecule has 0 spiro atoms. The van der Waals surface area contributed by atoms with Crippen LogP contribution in [0.25, 0.3) is 12.2 Å². The Morgan fingerprint density at radius 3 is 2.44 bits per heavy atom. The van der Waals surface area contributed by atoms with Crippen LogP contribution in [0, 0.1) is 25.7 Å². The highest BCUT2D eigenvalue weighted by molar-refractivity contribution is 5.61. The number of fused-ring (bicyclic) bond motifs is 1. The Hall–Kier alpha value is -4.10. The van der Waals surface area contributed by atoms with Crippen molar-refractivity contribution in [3.63, 3.8) is 0 Å². The minimum absolute atomic E-state index is 0.510. The highest BCUT2D eigenvalue weighted by Gasteiger charge is 2.14. The number of hydrogen-bond donors (Lipinski definition) is 3. The van der Waals surface area contributed by atoms with Gasteiger partial charge in [0, 0.05) is 42.3 Å². The highest BCUT2D eigenvalue weighted by atomic mass is 16.5. The number of dihydropyridines is 1. The molecule has 1 aromatic heterocycles. The maximum atomic E-state index is 6.04. The van der Waals surface area contributed by atoms with Crippen molar-refractivity contribution >= 4 is 17.8 Å². The number of allylic oxidation sites excluding steroid dienone is 7. The van der Waals surface area contributed by atoms with Crippen molar-refractivity contribution in [2.24, 2.45) is 0 Å². The third-order valence-corrected chi connectivity index (χ3v) is 6.92. The molecule has 5 rings (SSSR count). The van der Waals surface area contributed by atoms with E-state index in [0.29, 0.717) is 6.61 Å². The minimum Gasteiger partial charge on any atom is -0.487 e. The van der Waals surface area contributed by atoms with E-state index in [1.54, 1.807) is 0 Å². The lowest BCUT2D eigenvalue weighted by Gasteiger charge is -2.18. The van der Waals surface area contributed by atoms with Gasteiger partial charge in [-0.1, -0.05) is 89.8 Å². The first kappa shape index (κ1) is 35.1. The predicted molar refractivity (Wildman–Crippen MR) is 189 cm³/mol. The van der Waals surface area contributed by atoms with Gasteiger partial charge in [0.1, 0.15) is 12.4 Å². The summed E-state index contributed by atoms with van der Waals surface area (Å²) < 4.78 is 6.04. The van der Waals surface area contributed by atoms with Crippen LogP contribution in [-0.2, 0) is 0 Å². The molecule has 43 heavy (non-hydrogen) atoms. The standard InChI is InChI=1S/C24H24N2O.C11H17N.2C2H6/c1-17-8-9-23-24(15-17)27-14-11-19(6-4-12-25-23)20-5-3-7-22-21(16-20)18(2)10-13-26-22;1-4-6-10-9(3)8-12-11(10)7-5-2;2*1-2/h4,6,8-11,15-16,25-26H,7,12-14H2,1-2H3;6-8,12H,4-5H2,1-3H3;2*1-2H3/b6-4-,19-11+;10-6?,11-7+;;. The van der Waals surface area contributed by atoms with Gasteiger partial charge in [-0.05, 0) is 91.0 Å². The van der Waals surface area contributed by atoms with Gasteiger partial charge in [0.05, 0.1) is 5.69 Å². The molecule has 0 bridgehead atoms. The molecule has 0 saturated heterocycles. The number of anilines is 1. The highest BCUT2D eigenvalue weighted by Crippen LogP contribution is 2.28. The molecule has 3 aliphatic rings. The average Bonchev–Trinajstić information content (AvgIpc) is 3.22. The van der Waals surface area contributed by atoms with Crippen LogP contribution < -0.4 is 25.9 Å². The Labute approximate surface area is 261 Å². The molecule has 2 aliphatic heterocycles. The zero-order valence-corrected chi connectivity index (χ0v) is 28.0. The van der Waals surface area contributed by atoms with E-state index >= 15 is 0 Å². The summed E-state index contributed by atoms with van der Waals surface area (Å²) in [6, 6.07) is 6.24. The second kappa shape index (κ2) is 19.2. The molecular formula is C39H53N3O. The zero-order chi connectivity index (χ0) is 31.6. The number of benzene rings is 1. The first-order chi connectivity index (χ1) is 21.0. The number of rotatable bonds is 3. The smallest absolute Gasteiger partial charge is 0.143 e. The van der Waals surface area contributed by atoms with Gasteiger partial charge < -0.3 is 20.4 Å². The molecule has 230 valence electrons. The molecule has 3 heterocycles. The van der Waals surface area contributed by atoms with Crippen molar-refractivity contribution in [1.82, 2.24) is 10.3 Å². The van der Waals surface area contributed by atoms with Crippen LogP contribution in [-0.4, -0.2) is 24.7 Å². The number of H-pyrrole nitrogens is 1. The summed E-state index contributed by atoms with van der Waals surface area (Å²) in [7, 11) is 0. The molecule has 0 saturated carbocycles. The van der Waals surface area contributed by atoms with Crippen LogP contribution in [0.15, 0.2) is 82.8 Å². The quantitative estimate of drug-likeness (QED) is 0.322. The largest absolute Gasteiger partial charge is 0.487 e. The van der Waals surface area contributed by atoms with Crippen molar-refractivity contribution in [3.8, 4) is 17.6 Å². The summed E-state index contributed by atoms with van der Waals surface area (Å²) in [5.41, 5.74) is 9.49. The molecule has 4 nitrogen and oxygen atoms in total. The van der Waals surface area contributed by atoms with Crippen molar-refractivity contribution in [2.45, 2.75) is 81.6 Å². The number of ether oxygens (including phenoxy) is 1. The summed E-state index contributed by atoms with van der Waals surface area (Å²) >= 11 is 0. The SMILES string of the molecule is CC.CC.CC1=CCNC2=C1C=C(C1=C/COc3cc(C)ccc3NC/C=C\1)C#CC2.CCC=c1c(C)c[nH]/c1=C/CC. The molecule has 0 unspecified atom stereocenters. The third kappa shape index (κ3) is 10.3. The topological polar surface area (TPSA) is 49.1 Å². The van der Waals surface area contributed by atoms with Gasteiger partial charge >= 0.3 is 0 Å². The zero-order valence-electron chi connectivity index (χ0n) is 28.0. The first-order valence-electron chi connectivity index (χ1n) is 16.0. The normalized spacial score (nSPS) is 17.9. The van der Waals surface area contributed by atoms with Gasteiger partial charge in [0.15, 0.2) is 0 Å². The predicted octanol–water partition coefficient (Wildman–Crippen LogP) is 8.18. The van der Waals surface area contributed by atoms with Crippen LogP contribution >= 0.6 is 0 Å². The van der Waals surface area contributed by atoms with E-state index in [2.05, 4.69) is 129 Å². The van der Waals surface area contributed by atoms with Gasteiger partial charge in [-0.25, -0.2) is 0 Å². The maximum absolute atomic E-state index is 6.04. The summed E-state index contributed by atoms with van der Waals surface area (Å²) in [6.45, 7) is 20.9. The molecule has 4 heteroatoms. The number of aryl methyl sites for hydroxylation is 2. The van der Waals surface area contributed by atoms with Crippen LogP contribution in [0.2, 0.25) is 0 Å². The average molecular weight is 580 g/mol.